The summed E-state index contributed by atoms with van der Waals surface area (Å²) in [6.45, 7) is 5.55. The molecule has 0 aliphatic heterocycles. The fourth-order valence-electron chi connectivity index (χ4n) is 12.9. The van der Waals surface area contributed by atoms with E-state index in [4.69, 9.17) is 4.42 Å². The van der Waals surface area contributed by atoms with Gasteiger partial charge < -0.3 is 4.42 Å². The third-order valence-electron chi connectivity index (χ3n) is 17.4. The molecule has 0 aliphatic rings. The van der Waals surface area contributed by atoms with E-state index < -0.39 is 0 Å². The smallest absolute Gasteiger partial charge is 0.261 e. The summed E-state index contributed by atoms with van der Waals surface area (Å²) in [7, 11) is 0. The highest BCUT2D eigenvalue weighted by Crippen LogP contribution is 2.40. The first kappa shape index (κ1) is 58.8. The Hall–Kier alpha value is -5.86. The average molecular weight is 1100 g/mol. The topological polar surface area (TPSA) is 91.3 Å². The van der Waals surface area contributed by atoms with Gasteiger partial charge in [-0.2, -0.15) is 0 Å². The first-order valence-electron chi connectivity index (χ1n) is 31.9. The van der Waals surface area contributed by atoms with Crippen molar-refractivity contribution in [1.29, 1.82) is 0 Å². The van der Waals surface area contributed by atoms with E-state index in [1.54, 1.807) is 11.3 Å². The molecule has 0 saturated heterocycles. The number of pyridine rings is 2. The van der Waals surface area contributed by atoms with Crippen molar-refractivity contribution in [2.75, 3.05) is 0 Å². The summed E-state index contributed by atoms with van der Waals surface area (Å²) in [5.41, 5.74) is 0.886. The van der Waals surface area contributed by atoms with Crippen LogP contribution in [0.2, 0.25) is 0 Å². The summed E-state index contributed by atoms with van der Waals surface area (Å²) < 4.78 is 11.5. The van der Waals surface area contributed by atoms with Crippen LogP contribution in [-0.2, 0) is 13.1 Å². The quantitative estimate of drug-likeness (QED) is 0.0228. The number of hydrogen-bond donors (Lipinski definition) is 0. The third-order valence-corrected chi connectivity index (χ3v) is 18.5. The average Bonchev–Trinajstić information content (AvgIpc) is 3.61. The molecule has 0 unspecified atom stereocenters. The van der Waals surface area contributed by atoms with Gasteiger partial charge in [-0.3, -0.25) is 28.3 Å². The van der Waals surface area contributed by atoms with Gasteiger partial charge >= 0.3 is 0 Å². The first-order valence-corrected chi connectivity index (χ1v) is 32.7. The molecule has 0 fully saturated rings. The lowest BCUT2D eigenvalue weighted by molar-refractivity contribution is 0.517. The Morgan fingerprint density at radius 1 is 0.287 bits per heavy atom. The Bertz CT molecular complexity index is 3470. The molecule has 4 aromatic heterocycles. The highest BCUT2D eigenvalue weighted by atomic mass is 32.1. The van der Waals surface area contributed by atoms with Gasteiger partial charge in [-0.1, -0.05) is 255 Å². The molecule has 4 heterocycles. The van der Waals surface area contributed by atoms with Crippen LogP contribution < -0.4 is 22.2 Å². The predicted octanol–water partition coefficient (Wildman–Crippen LogP) is 20.7. The van der Waals surface area contributed by atoms with Crippen LogP contribution >= 0.6 is 11.3 Å². The molecule has 7 nitrogen and oxygen atoms in total. The number of benzene rings is 6. The Balaban J connectivity index is 0.000000194. The van der Waals surface area contributed by atoms with Crippen LogP contribution in [0.4, 0.5) is 0 Å². The Morgan fingerprint density at radius 3 is 1.07 bits per heavy atom. The molecule has 0 saturated carbocycles. The Kier molecular flexibility index (Phi) is 22.2. The van der Waals surface area contributed by atoms with Gasteiger partial charge in [-0.25, -0.2) is 0 Å². The van der Waals surface area contributed by atoms with Crippen LogP contribution in [0.5, 0.6) is 0 Å². The third kappa shape index (κ3) is 14.2. The monoisotopic (exact) mass is 1090 g/mol. The zero-order valence-electron chi connectivity index (χ0n) is 48.6. The number of unbranched alkanes of at least 4 members (excludes halogenated alkanes) is 30. The Morgan fingerprint density at radius 2 is 0.625 bits per heavy atom. The molecule has 0 amide bonds. The van der Waals surface area contributed by atoms with E-state index in [1.807, 2.05) is 60.7 Å². The molecule has 0 atom stereocenters. The number of aromatic nitrogens is 2. The zero-order chi connectivity index (χ0) is 55.5. The first-order chi connectivity index (χ1) is 39.4. The van der Waals surface area contributed by atoms with Crippen molar-refractivity contribution in [3.8, 4) is 0 Å². The lowest BCUT2D eigenvalue weighted by atomic mass is 9.96. The lowest BCUT2D eigenvalue weighted by Gasteiger charge is -2.14. The van der Waals surface area contributed by atoms with E-state index in [9.17, 15) is 19.2 Å². The fourth-order valence-corrected chi connectivity index (χ4v) is 14.0. The van der Waals surface area contributed by atoms with Gasteiger partial charge in [0, 0.05) is 71.0 Å². The minimum Gasteiger partial charge on any atom is -0.456 e. The number of para-hydroxylation sites is 1. The molecule has 424 valence electrons. The van der Waals surface area contributed by atoms with Crippen LogP contribution in [0.25, 0.3) is 85.2 Å². The summed E-state index contributed by atoms with van der Waals surface area (Å²) in [4.78, 5) is 53.8. The molecule has 0 bridgehead atoms. The van der Waals surface area contributed by atoms with Crippen molar-refractivity contribution in [2.24, 2.45) is 0 Å². The van der Waals surface area contributed by atoms with Crippen molar-refractivity contribution in [3.63, 3.8) is 0 Å². The molecule has 8 heteroatoms. The molecule has 0 N–H and O–H groups in total. The second-order valence-electron chi connectivity index (χ2n) is 23.4. The van der Waals surface area contributed by atoms with Crippen LogP contribution in [0.1, 0.15) is 219 Å². The summed E-state index contributed by atoms with van der Waals surface area (Å²) in [5, 5.41) is 10.4. The lowest BCUT2D eigenvalue weighted by Crippen LogP contribution is -2.33. The number of rotatable bonds is 34. The predicted molar refractivity (Wildman–Crippen MR) is 346 cm³/mol. The zero-order valence-corrected chi connectivity index (χ0v) is 49.4. The van der Waals surface area contributed by atoms with Crippen LogP contribution in [-0.4, -0.2) is 9.13 Å². The summed E-state index contributed by atoms with van der Waals surface area (Å²) >= 11 is 1.73. The van der Waals surface area contributed by atoms with E-state index in [0.717, 1.165) is 73.7 Å². The minimum atomic E-state index is -0.180. The second kappa shape index (κ2) is 30.3. The molecule has 6 aromatic carbocycles. The number of nitrogens with zero attached hydrogens (tertiary/aromatic N) is 2. The molecule has 0 aliphatic carbocycles. The van der Waals surface area contributed by atoms with Crippen LogP contribution in [0, 0.1) is 0 Å². The van der Waals surface area contributed by atoms with Crippen molar-refractivity contribution in [3.05, 3.63) is 138 Å². The van der Waals surface area contributed by atoms with Crippen molar-refractivity contribution in [2.45, 2.75) is 232 Å². The van der Waals surface area contributed by atoms with Gasteiger partial charge in [-0.05, 0) is 77.5 Å². The fraction of sp³-hybridized carbons (Fsp3) is 0.500. The standard InChI is InChI=1S/C36H45NO3.C36H45NO2S/c2*1-2-3-4-5-6-7-8-9-10-11-12-13-14-15-16-19-26-37-35(38)29-23-22-28-27-20-17-18-21-31(27)40-32-25-24-30(36(37)39)33(29)34(28)32/h2*17-18,20-25H,2-16,19,26H2,1H3. The van der Waals surface area contributed by atoms with E-state index in [1.165, 1.54) is 199 Å². The normalized spacial score (nSPS) is 12.0. The number of hydrogen-bond acceptors (Lipinski definition) is 6. The van der Waals surface area contributed by atoms with Gasteiger partial charge in [0.25, 0.3) is 22.2 Å². The maximum Gasteiger partial charge on any atom is 0.261 e. The van der Waals surface area contributed by atoms with Gasteiger partial charge in [0.05, 0.1) is 0 Å². The highest BCUT2D eigenvalue weighted by Gasteiger charge is 2.20. The van der Waals surface area contributed by atoms with Gasteiger partial charge in [0.15, 0.2) is 0 Å². The maximum atomic E-state index is 13.5. The van der Waals surface area contributed by atoms with Crippen molar-refractivity contribution < 1.29 is 4.42 Å². The van der Waals surface area contributed by atoms with E-state index >= 15 is 0 Å². The molecular formula is C72H90N2O5S. The van der Waals surface area contributed by atoms with Crippen molar-refractivity contribution >= 4 is 96.5 Å². The van der Waals surface area contributed by atoms with E-state index in [2.05, 4.69) is 50.2 Å². The van der Waals surface area contributed by atoms with Gasteiger partial charge in [-0.15, -0.1) is 11.3 Å². The number of fused-ring (bicyclic) bond motifs is 4. The second-order valence-corrected chi connectivity index (χ2v) is 24.5. The summed E-state index contributed by atoms with van der Waals surface area (Å²) in [6, 6.07) is 31.9. The SMILES string of the molecule is CCCCCCCCCCCCCCCCCCn1c(=O)c2ccc3oc4ccccc4c4ccc(c1=O)c2c34.CCCCCCCCCCCCCCCCCCn1c(=O)c2ccc3sc4ccccc4c4ccc(c1=O)c2c34. The van der Waals surface area contributed by atoms with Crippen LogP contribution in [0.15, 0.2) is 121 Å². The maximum absolute atomic E-state index is 13.5. The molecular weight excluding hydrogens is 1000 g/mol. The highest BCUT2D eigenvalue weighted by molar-refractivity contribution is 7.25. The van der Waals surface area contributed by atoms with Gasteiger partial charge in [0.2, 0.25) is 0 Å². The summed E-state index contributed by atoms with van der Waals surface area (Å²) in [5.74, 6) is 0. The molecule has 80 heavy (non-hydrogen) atoms. The minimum absolute atomic E-state index is 0.133. The van der Waals surface area contributed by atoms with E-state index in [0.29, 0.717) is 40.2 Å². The molecule has 0 spiro atoms. The molecule has 10 rings (SSSR count). The van der Waals surface area contributed by atoms with Gasteiger partial charge in [0.1, 0.15) is 11.2 Å². The molecule has 10 aromatic rings. The van der Waals surface area contributed by atoms with Crippen LogP contribution in [0.3, 0.4) is 0 Å². The summed E-state index contributed by atoms with van der Waals surface area (Å²) in [6.07, 6.45) is 41.9. The largest absolute Gasteiger partial charge is 0.456 e. The Labute approximate surface area is 478 Å². The van der Waals surface area contributed by atoms with E-state index in [-0.39, 0.29) is 22.2 Å². The molecule has 0 radical (unpaired) electrons. The van der Waals surface area contributed by atoms with Crippen molar-refractivity contribution in [1.82, 2.24) is 9.13 Å².